The van der Waals surface area contributed by atoms with Crippen molar-refractivity contribution in [1.82, 2.24) is 14.5 Å². The Hall–Kier alpha value is -2.66. The average molecular weight is 375 g/mol. The van der Waals surface area contributed by atoms with Crippen molar-refractivity contribution in [3.63, 3.8) is 0 Å². The molecule has 2 aromatic carbocycles. The molecule has 27 heavy (non-hydrogen) atoms. The van der Waals surface area contributed by atoms with E-state index < -0.39 is 0 Å². The van der Waals surface area contributed by atoms with Gasteiger partial charge in [0.25, 0.3) is 5.56 Å². The van der Waals surface area contributed by atoms with Crippen LogP contribution in [0, 0.1) is 0 Å². The Balaban J connectivity index is 1.67. The number of aromatic nitrogens is 3. The van der Waals surface area contributed by atoms with Crippen molar-refractivity contribution in [2.24, 2.45) is 0 Å². The van der Waals surface area contributed by atoms with Gasteiger partial charge in [-0.1, -0.05) is 61.5 Å². The summed E-state index contributed by atoms with van der Waals surface area (Å²) < 4.78 is 1.82. The lowest BCUT2D eigenvalue weighted by atomic mass is 10.2. The molecule has 136 valence electrons. The number of rotatable bonds is 6. The highest BCUT2D eigenvalue weighted by atomic mass is 32.2. The summed E-state index contributed by atoms with van der Waals surface area (Å²) in [5.41, 5.74) is 2.78. The smallest absolute Gasteiger partial charge is 0.262 e. The number of para-hydroxylation sites is 2. The lowest BCUT2D eigenvalue weighted by molar-refractivity contribution is 0.557. The van der Waals surface area contributed by atoms with Gasteiger partial charge in [0.05, 0.1) is 22.1 Å². The van der Waals surface area contributed by atoms with E-state index in [4.69, 9.17) is 9.97 Å². The number of benzene rings is 2. The third kappa shape index (κ3) is 3.74. The van der Waals surface area contributed by atoms with Gasteiger partial charge in [-0.2, -0.15) is 0 Å². The molecule has 2 aromatic heterocycles. The van der Waals surface area contributed by atoms with Crippen molar-refractivity contribution < 1.29 is 0 Å². The van der Waals surface area contributed by atoms with Gasteiger partial charge in [0.2, 0.25) is 0 Å². The first kappa shape index (κ1) is 17.7. The number of nitrogens with zero attached hydrogens (tertiary/aromatic N) is 3. The van der Waals surface area contributed by atoms with Crippen LogP contribution in [0.5, 0.6) is 0 Å². The summed E-state index contributed by atoms with van der Waals surface area (Å²) in [5, 5.41) is 2.58. The molecular formula is C22H21N3OS. The van der Waals surface area contributed by atoms with E-state index in [-0.39, 0.29) is 5.56 Å². The highest BCUT2D eigenvalue weighted by Gasteiger charge is 2.11. The highest BCUT2D eigenvalue weighted by molar-refractivity contribution is 7.98. The maximum Gasteiger partial charge on any atom is 0.262 e. The van der Waals surface area contributed by atoms with Crippen LogP contribution < -0.4 is 5.56 Å². The molecule has 4 rings (SSSR count). The van der Waals surface area contributed by atoms with Gasteiger partial charge in [0, 0.05) is 17.7 Å². The molecule has 0 atom stereocenters. The van der Waals surface area contributed by atoms with E-state index in [2.05, 4.69) is 19.1 Å². The maximum absolute atomic E-state index is 12.9. The van der Waals surface area contributed by atoms with Crippen LogP contribution in [-0.2, 0) is 12.3 Å². The SMILES string of the molecule is CCCCn1c(SCc2ccc3ccccc3n2)nc2ccccc2c1=O. The lowest BCUT2D eigenvalue weighted by Crippen LogP contribution is -2.23. The van der Waals surface area contributed by atoms with Crippen LogP contribution >= 0.6 is 11.8 Å². The molecule has 0 unspecified atom stereocenters. The summed E-state index contributed by atoms with van der Waals surface area (Å²) in [6.45, 7) is 2.83. The minimum Gasteiger partial charge on any atom is -0.287 e. The van der Waals surface area contributed by atoms with Crippen LogP contribution in [0.3, 0.4) is 0 Å². The molecule has 5 heteroatoms. The predicted octanol–water partition coefficient (Wildman–Crippen LogP) is 5.04. The van der Waals surface area contributed by atoms with Gasteiger partial charge in [-0.25, -0.2) is 4.98 Å². The zero-order chi connectivity index (χ0) is 18.6. The van der Waals surface area contributed by atoms with Crippen LogP contribution in [-0.4, -0.2) is 14.5 Å². The van der Waals surface area contributed by atoms with Crippen LogP contribution in [0.1, 0.15) is 25.5 Å². The quantitative estimate of drug-likeness (QED) is 0.350. The first-order valence-electron chi connectivity index (χ1n) is 9.23. The molecule has 0 saturated carbocycles. The second kappa shape index (κ2) is 7.92. The fourth-order valence-corrected chi connectivity index (χ4v) is 4.03. The van der Waals surface area contributed by atoms with Gasteiger partial charge in [-0.3, -0.25) is 14.3 Å². The van der Waals surface area contributed by atoms with Gasteiger partial charge < -0.3 is 0 Å². The Morgan fingerprint density at radius 2 is 1.70 bits per heavy atom. The average Bonchev–Trinajstić information content (AvgIpc) is 2.71. The van der Waals surface area contributed by atoms with Gasteiger partial charge in [-0.05, 0) is 30.7 Å². The molecule has 0 aliphatic carbocycles. The summed E-state index contributed by atoms with van der Waals surface area (Å²) in [6, 6.07) is 19.8. The molecule has 4 nitrogen and oxygen atoms in total. The van der Waals surface area contributed by atoms with E-state index in [1.165, 1.54) is 0 Å². The summed E-state index contributed by atoms with van der Waals surface area (Å²) >= 11 is 1.58. The molecule has 0 saturated heterocycles. The van der Waals surface area contributed by atoms with Crippen molar-refractivity contribution >= 4 is 33.6 Å². The Labute approximate surface area is 162 Å². The molecular weight excluding hydrogens is 354 g/mol. The first-order valence-corrected chi connectivity index (χ1v) is 10.2. The summed E-state index contributed by atoms with van der Waals surface area (Å²) in [5.74, 6) is 0.682. The molecule has 0 amide bonds. The number of thioether (sulfide) groups is 1. The number of fused-ring (bicyclic) bond motifs is 2. The molecule has 0 bridgehead atoms. The zero-order valence-corrected chi connectivity index (χ0v) is 16.1. The van der Waals surface area contributed by atoms with E-state index in [0.717, 1.165) is 40.1 Å². The second-order valence-corrected chi connectivity index (χ2v) is 7.45. The van der Waals surface area contributed by atoms with E-state index >= 15 is 0 Å². The highest BCUT2D eigenvalue weighted by Crippen LogP contribution is 2.23. The number of hydrogen-bond acceptors (Lipinski definition) is 4. The topological polar surface area (TPSA) is 47.8 Å². The van der Waals surface area contributed by atoms with E-state index in [0.29, 0.717) is 17.7 Å². The maximum atomic E-state index is 12.9. The molecule has 4 aromatic rings. The first-order chi connectivity index (χ1) is 13.3. The third-order valence-corrected chi connectivity index (χ3v) is 5.58. The molecule has 2 heterocycles. The third-order valence-electron chi connectivity index (χ3n) is 4.57. The van der Waals surface area contributed by atoms with Crippen LogP contribution in [0.25, 0.3) is 21.8 Å². The van der Waals surface area contributed by atoms with Gasteiger partial charge in [0.15, 0.2) is 5.16 Å². The predicted molar refractivity (Wildman–Crippen MR) is 112 cm³/mol. The standard InChI is InChI=1S/C22H21N3OS/c1-2-3-14-25-21(26)18-9-5-7-11-20(18)24-22(25)27-15-17-13-12-16-8-4-6-10-19(16)23-17/h4-13H,2-3,14-15H2,1H3. The van der Waals surface area contributed by atoms with Gasteiger partial charge >= 0.3 is 0 Å². The van der Waals surface area contributed by atoms with Crippen molar-refractivity contribution in [2.45, 2.75) is 37.2 Å². The molecule has 0 N–H and O–H groups in total. The molecule has 0 spiro atoms. The minimum absolute atomic E-state index is 0.0445. The monoisotopic (exact) mass is 375 g/mol. The second-order valence-electron chi connectivity index (χ2n) is 6.51. The number of hydrogen-bond donors (Lipinski definition) is 0. The fourth-order valence-electron chi connectivity index (χ4n) is 3.10. The molecule has 0 fully saturated rings. The fraction of sp³-hybridized carbons (Fsp3) is 0.227. The Morgan fingerprint density at radius 3 is 2.56 bits per heavy atom. The zero-order valence-electron chi connectivity index (χ0n) is 15.3. The summed E-state index contributed by atoms with van der Waals surface area (Å²) in [4.78, 5) is 22.4. The Kier molecular flexibility index (Phi) is 5.21. The lowest BCUT2D eigenvalue weighted by Gasteiger charge is -2.12. The number of pyridine rings is 1. The van der Waals surface area contributed by atoms with E-state index in [1.54, 1.807) is 11.8 Å². The largest absolute Gasteiger partial charge is 0.287 e. The van der Waals surface area contributed by atoms with Gasteiger partial charge in [-0.15, -0.1) is 0 Å². The molecule has 0 radical (unpaired) electrons. The van der Waals surface area contributed by atoms with Crippen molar-refractivity contribution in [2.75, 3.05) is 0 Å². The van der Waals surface area contributed by atoms with Crippen molar-refractivity contribution in [3.05, 3.63) is 76.7 Å². The summed E-state index contributed by atoms with van der Waals surface area (Å²) in [6.07, 6.45) is 2.00. The minimum atomic E-state index is 0.0445. The molecule has 0 aliphatic heterocycles. The van der Waals surface area contributed by atoms with Gasteiger partial charge in [0.1, 0.15) is 0 Å². The Bertz CT molecular complexity index is 1150. The summed E-state index contributed by atoms with van der Waals surface area (Å²) in [7, 11) is 0. The van der Waals surface area contributed by atoms with E-state index in [1.807, 2.05) is 53.1 Å². The van der Waals surface area contributed by atoms with Crippen LogP contribution in [0.2, 0.25) is 0 Å². The van der Waals surface area contributed by atoms with Crippen LogP contribution in [0.4, 0.5) is 0 Å². The number of unbranched alkanes of at least 4 members (excludes halogenated alkanes) is 1. The molecule has 0 aliphatic rings. The van der Waals surface area contributed by atoms with Crippen molar-refractivity contribution in [1.29, 1.82) is 0 Å². The van der Waals surface area contributed by atoms with Crippen LogP contribution in [0.15, 0.2) is 70.6 Å². The van der Waals surface area contributed by atoms with Crippen molar-refractivity contribution in [3.8, 4) is 0 Å². The normalized spacial score (nSPS) is 11.3. The van der Waals surface area contributed by atoms with E-state index in [9.17, 15) is 4.79 Å². The Morgan fingerprint density at radius 1 is 0.926 bits per heavy atom.